The maximum atomic E-state index is 13.0. The van der Waals surface area contributed by atoms with Gasteiger partial charge in [0.2, 0.25) is 17.7 Å². The van der Waals surface area contributed by atoms with Crippen molar-refractivity contribution in [2.24, 2.45) is 28.1 Å². The molecular formula is C21H37N9O5. The largest absolute Gasteiger partial charge is 0.480 e. The summed E-state index contributed by atoms with van der Waals surface area (Å²) in [5, 5.41) is 17.2. The van der Waals surface area contributed by atoms with Crippen LogP contribution in [0.25, 0.3) is 0 Å². The molecule has 35 heavy (non-hydrogen) atoms. The van der Waals surface area contributed by atoms with Gasteiger partial charge in [-0.3, -0.25) is 19.4 Å². The molecule has 0 aliphatic heterocycles. The Labute approximate surface area is 203 Å². The van der Waals surface area contributed by atoms with Crippen molar-refractivity contribution >= 4 is 29.7 Å². The molecule has 3 amide bonds. The van der Waals surface area contributed by atoms with E-state index < -0.39 is 47.9 Å². The third-order valence-corrected chi connectivity index (χ3v) is 4.93. The molecule has 0 spiro atoms. The van der Waals surface area contributed by atoms with Crippen LogP contribution in [0, 0.1) is 5.92 Å². The summed E-state index contributed by atoms with van der Waals surface area (Å²) in [4.78, 5) is 60.4. The minimum atomic E-state index is -1.24. The average Bonchev–Trinajstić information content (AvgIpc) is 3.27. The van der Waals surface area contributed by atoms with Crippen molar-refractivity contribution in [3.05, 3.63) is 18.2 Å². The molecule has 14 nitrogen and oxygen atoms in total. The van der Waals surface area contributed by atoms with Gasteiger partial charge in [-0.25, -0.2) is 9.78 Å². The summed E-state index contributed by atoms with van der Waals surface area (Å²) in [6.45, 7) is 5.46. The van der Waals surface area contributed by atoms with Crippen molar-refractivity contribution in [3.63, 3.8) is 0 Å². The second-order valence-corrected chi connectivity index (χ2v) is 8.67. The zero-order chi connectivity index (χ0) is 26.5. The molecule has 14 heteroatoms. The number of carbonyl (C=O) groups is 4. The first-order valence-corrected chi connectivity index (χ1v) is 11.3. The van der Waals surface area contributed by atoms with Crippen molar-refractivity contribution in [3.8, 4) is 0 Å². The van der Waals surface area contributed by atoms with E-state index in [2.05, 4.69) is 30.9 Å². The molecule has 1 aromatic rings. The van der Waals surface area contributed by atoms with E-state index in [9.17, 15) is 24.3 Å². The van der Waals surface area contributed by atoms with Gasteiger partial charge < -0.3 is 43.2 Å². The van der Waals surface area contributed by atoms with Gasteiger partial charge in [-0.05, 0) is 32.1 Å². The van der Waals surface area contributed by atoms with E-state index in [-0.39, 0.29) is 31.3 Å². The summed E-state index contributed by atoms with van der Waals surface area (Å²) >= 11 is 0. The lowest BCUT2D eigenvalue weighted by Gasteiger charge is -2.25. The summed E-state index contributed by atoms with van der Waals surface area (Å²) < 4.78 is 0. The number of aromatic nitrogens is 2. The molecule has 11 N–H and O–H groups in total. The number of carboxylic acids is 1. The number of guanidine groups is 1. The number of amides is 3. The van der Waals surface area contributed by atoms with E-state index in [1.165, 1.54) is 19.4 Å². The maximum Gasteiger partial charge on any atom is 0.326 e. The summed E-state index contributed by atoms with van der Waals surface area (Å²) in [5.74, 6) is -3.10. The molecule has 0 aromatic carbocycles. The first kappa shape index (κ1) is 29.4. The van der Waals surface area contributed by atoms with Crippen LogP contribution in [-0.4, -0.2) is 75.4 Å². The zero-order valence-electron chi connectivity index (χ0n) is 20.3. The molecule has 0 saturated heterocycles. The highest BCUT2D eigenvalue weighted by atomic mass is 16.4. The number of aliphatic imine (C=N–C) groups is 1. The molecule has 4 atom stereocenters. The third-order valence-electron chi connectivity index (χ3n) is 4.93. The summed E-state index contributed by atoms with van der Waals surface area (Å²) in [6, 6.07) is -4.11. The van der Waals surface area contributed by atoms with Gasteiger partial charge in [0.15, 0.2) is 5.96 Å². The van der Waals surface area contributed by atoms with Crippen molar-refractivity contribution in [1.82, 2.24) is 25.9 Å². The van der Waals surface area contributed by atoms with Crippen LogP contribution in [0.3, 0.4) is 0 Å². The van der Waals surface area contributed by atoms with Gasteiger partial charge in [-0.15, -0.1) is 0 Å². The number of imidazole rings is 1. The molecule has 0 fully saturated rings. The highest BCUT2D eigenvalue weighted by Crippen LogP contribution is 2.08. The van der Waals surface area contributed by atoms with Crippen LogP contribution in [0.2, 0.25) is 0 Å². The van der Waals surface area contributed by atoms with Gasteiger partial charge in [0, 0.05) is 24.9 Å². The Morgan fingerprint density at radius 3 is 2.14 bits per heavy atom. The lowest BCUT2D eigenvalue weighted by atomic mass is 10.0. The molecule has 0 saturated carbocycles. The summed E-state index contributed by atoms with van der Waals surface area (Å²) in [6.07, 6.45) is 3.62. The average molecular weight is 496 g/mol. The molecule has 4 unspecified atom stereocenters. The van der Waals surface area contributed by atoms with Crippen LogP contribution < -0.4 is 33.2 Å². The smallest absolute Gasteiger partial charge is 0.326 e. The Bertz CT molecular complexity index is 867. The third kappa shape index (κ3) is 11.3. The molecule has 0 aliphatic carbocycles. The van der Waals surface area contributed by atoms with Crippen LogP contribution in [0.1, 0.15) is 45.7 Å². The molecule has 0 radical (unpaired) electrons. The van der Waals surface area contributed by atoms with E-state index in [0.717, 1.165) is 0 Å². The fraction of sp³-hybridized carbons (Fsp3) is 0.619. The van der Waals surface area contributed by atoms with Crippen LogP contribution in [0.5, 0.6) is 0 Å². The number of rotatable bonds is 15. The first-order valence-electron chi connectivity index (χ1n) is 11.3. The topological polar surface area (TPSA) is 244 Å². The minimum Gasteiger partial charge on any atom is -0.480 e. The van der Waals surface area contributed by atoms with E-state index in [1.54, 1.807) is 0 Å². The lowest BCUT2D eigenvalue weighted by molar-refractivity contribution is -0.142. The predicted octanol–water partition coefficient (Wildman–Crippen LogP) is -2.06. The number of nitrogens with two attached hydrogens (primary N) is 3. The molecule has 1 heterocycles. The SMILES string of the molecule is CC(C)CC(NC(=O)C(C)N)C(=O)NC(Cc1cnc[nH]1)C(=O)NC(CCCN=C(N)N)C(=O)O. The molecule has 0 bridgehead atoms. The zero-order valence-corrected chi connectivity index (χ0v) is 20.3. The lowest BCUT2D eigenvalue weighted by Crippen LogP contribution is -2.57. The second-order valence-electron chi connectivity index (χ2n) is 8.67. The number of hydrogen-bond donors (Lipinski definition) is 8. The molecule has 0 aliphatic rings. The molecular weight excluding hydrogens is 458 g/mol. The van der Waals surface area contributed by atoms with Crippen molar-refractivity contribution in [2.45, 2.75) is 70.6 Å². The number of hydrogen-bond acceptors (Lipinski definition) is 7. The minimum absolute atomic E-state index is 0.0214. The molecule has 1 rings (SSSR count). The van der Waals surface area contributed by atoms with Crippen molar-refractivity contribution < 1.29 is 24.3 Å². The highest BCUT2D eigenvalue weighted by molar-refractivity contribution is 5.94. The van der Waals surface area contributed by atoms with Crippen LogP contribution >= 0.6 is 0 Å². The highest BCUT2D eigenvalue weighted by Gasteiger charge is 2.30. The van der Waals surface area contributed by atoms with E-state index in [0.29, 0.717) is 18.5 Å². The fourth-order valence-electron chi connectivity index (χ4n) is 3.14. The van der Waals surface area contributed by atoms with E-state index in [4.69, 9.17) is 17.2 Å². The predicted molar refractivity (Wildman–Crippen MR) is 129 cm³/mol. The van der Waals surface area contributed by atoms with Gasteiger partial charge in [0.25, 0.3) is 0 Å². The standard InChI is InChI=1S/C21H37N9O5/c1-11(2)7-15(29-17(31)12(3)22)18(32)30-16(8-13-9-25-10-27-13)19(33)28-14(20(34)35)5-4-6-26-21(23)24/h9-12,14-16H,4-8,22H2,1-3H3,(H,25,27)(H,28,33)(H,29,31)(H,30,32)(H,34,35)(H4,23,24,26). The normalized spacial score (nSPS) is 14.3. The Hall–Kier alpha value is -3.68. The van der Waals surface area contributed by atoms with E-state index >= 15 is 0 Å². The van der Waals surface area contributed by atoms with Crippen LogP contribution in [0.4, 0.5) is 0 Å². The second kappa shape index (κ2) is 14.6. The van der Waals surface area contributed by atoms with Gasteiger partial charge in [-0.2, -0.15) is 0 Å². The number of nitrogens with zero attached hydrogens (tertiary/aromatic N) is 2. The monoisotopic (exact) mass is 495 g/mol. The van der Waals surface area contributed by atoms with Gasteiger partial charge >= 0.3 is 5.97 Å². The van der Waals surface area contributed by atoms with Crippen LogP contribution in [0.15, 0.2) is 17.5 Å². The van der Waals surface area contributed by atoms with Gasteiger partial charge in [-0.1, -0.05) is 13.8 Å². The van der Waals surface area contributed by atoms with Crippen molar-refractivity contribution in [2.75, 3.05) is 6.54 Å². The number of nitrogens with one attached hydrogen (secondary N) is 4. The molecule has 1 aromatic heterocycles. The Morgan fingerprint density at radius 1 is 1.03 bits per heavy atom. The fourth-order valence-corrected chi connectivity index (χ4v) is 3.14. The van der Waals surface area contributed by atoms with Crippen molar-refractivity contribution in [1.29, 1.82) is 0 Å². The first-order chi connectivity index (χ1) is 16.4. The number of carbonyl (C=O) groups excluding carboxylic acids is 3. The summed E-state index contributed by atoms with van der Waals surface area (Å²) in [5.41, 5.74) is 16.7. The Kier molecular flexibility index (Phi) is 12.2. The number of H-pyrrole nitrogens is 1. The van der Waals surface area contributed by atoms with E-state index in [1.807, 2.05) is 13.8 Å². The van der Waals surface area contributed by atoms with Crippen LogP contribution in [-0.2, 0) is 25.6 Å². The molecule has 196 valence electrons. The van der Waals surface area contributed by atoms with Gasteiger partial charge in [0.05, 0.1) is 12.4 Å². The maximum absolute atomic E-state index is 13.0. The number of carboxylic acid groups (broad SMARTS) is 1. The quantitative estimate of drug-likeness (QED) is 0.0756. The Balaban J connectivity index is 3.00. The number of aromatic amines is 1. The van der Waals surface area contributed by atoms with Gasteiger partial charge in [0.1, 0.15) is 18.1 Å². The summed E-state index contributed by atoms with van der Waals surface area (Å²) in [7, 11) is 0. The number of aliphatic carboxylic acids is 1. The Morgan fingerprint density at radius 2 is 1.63 bits per heavy atom.